The number of aliphatic imine (C=N–C) groups is 1. The summed E-state index contributed by atoms with van der Waals surface area (Å²) in [6, 6.07) is 6.86. The van der Waals surface area contributed by atoms with Crippen LogP contribution in [0.5, 0.6) is 5.75 Å². The lowest BCUT2D eigenvalue weighted by atomic mass is 9.96. The number of nitriles is 1. The highest BCUT2D eigenvalue weighted by Crippen LogP contribution is 2.24. The van der Waals surface area contributed by atoms with Crippen molar-refractivity contribution in [2.75, 3.05) is 19.0 Å². The molecule has 0 saturated carbocycles. The van der Waals surface area contributed by atoms with Gasteiger partial charge in [-0.3, -0.25) is 14.6 Å². The first-order valence-electron chi connectivity index (χ1n) is 8.95. The molecular weight excluding hydrogens is 392 g/mol. The molecule has 1 aromatic rings. The van der Waals surface area contributed by atoms with Crippen molar-refractivity contribution in [1.29, 1.82) is 5.26 Å². The number of carbonyl (C=O) groups excluding carboxylic acids is 2. The summed E-state index contributed by atoms with van der Waals surface area (Å²) in [5, 5.41) is 14.2. The van der Waals surface area contributed by atoms with Crippen molar-refractivity contribution in [3.63, 3.8) is 0 Å². The van der Waals surface area contributed by atoms with E-state index in [0.717, 1.165) is 0 Å². The van der Waals surface area contributed by atoms with Crippen LogP contribution in [0.3, 0.4) is 0 Å². The van der Waals surface area contributed by atoms with Gasteiger partial charge in [0, 0.05) is 5.57 Å². The quantitative estimate of drug-likeness (QED) is 0.744. The average molecular weight is 411 g/mol. The zero-order valence-electron chi connectivity index (χ0n) is 15.7. The van der Waals surface area contributed by atoms with Crippen LogP contribution >= 0.6 is 11.6 Å². The van der Waals surface area contributed by atoms with E-state index in [2.05, 4.69) is 15.6 Å². The van der Waals surface area contributed by atoms with Gasteiger partial charge in [-0.15, -0.1) is 11.6 Å². The van der Waals surface area contributed by atoms with Gasteiger partial charge < -0.3 is 15.4 Å². The van der Waals surface area contributed by atoms with Gasteiger partial charge in [-0.05, 0) is 36.8 Å². The lowest BCUT2D eigenvalue weighted by molar-refractivity contribution is -0.118. The fraction of sp³-hybridized carbons (Fsp3) is 0.238. The Kier molecular flexibility index (Phi) is 6.47. The van der Waals surface area contributed by atoms with Gasteiger partial charge in [-0.2, -0.15) is 5.26 Å². The fourth-order valence-electron chi connectivity index (χ4n) is 2.83. The number of allylic oxidation sites excluding steroid dienone is 3. The number of amides is 2. The summed E-state index contributed by atoms with van der Waals surface area (Å²) in [5.41, 5.74) is 1.13. The van der Waals surface area contributed by atoms with Crippen molar-refractivity contribution in [2.45, 2.75) is 11.8 Å². The molecule has 8 heteroatoms. The Bertz CT molecular complexity index is 988. The van der Waals surface area contributed by atoms with Crippen molar-refractivity contribution < 1.29 is 14.3 Å². The molecule has 148 valence electrons. The second-order valence-corrected chi connectivity index (χ2v) is 6.99. The van der Waals surface area contributed by atoms with Crippen molar-refractivity contribution in [1.82, 2.24) is 5.32 Å². The summed E-state index contributed by atoms with van der Waals surface area (Å²) in [4.78, 5) is 29.6. The molecule has 1 aliphatic carbocycles. The van der Waals surface area contributed by atoms with Crippen molar-refractivity contribution in [3.8, 4) is 11.8 Å². The largest absolute Gasteiger partial charge is 0.497 e. The standard InChI is InChI=1S/C21H19ClN4O3/c1-29-16-7-8-18(25-20(27)14-4-2-13(11-23)3-5-14)17(10-16)21(28)26-19-9-6-15(22)12-24-19/h2-4,6-10,14-15H,5,12H2,1H3,(H,25,27)(H,24,26,28)/t14-,15?/m1/s1. The first-order chi connectivity index (χ1) is 14.0. The van der Waals surface area contributed by atoms with E-state index in [1.54, 1.807) is 48.6 Å². The smallest absolute Gasteiger partial charge is 0.259 e. The molecule has 2 amide bonds. The highest BCUT2D eigenvalue weighted by Gasteiger charge is 2.21. The van der Waals surface area contributed by atoms with Crippen LogP contribution in [0.25, 0.3) is 0 Å². The number of hydrogen-bond acceptors (Lipinski definition) is 5. The van der Waals surface area contributed by atoms with Crippen molar-refractivity contribution in [3.05, 3.63) is 59.7 Å². The molecule has 29 heavy (non-hydrogen) atoms. The SMILES string of the molecule is COc1ccc(NC(=O)[C@@H]2C=CC(C#N)=CC2)c(C(=O)NC2=NCC(Cl)C=C2)c1. The summed E-state index contributed by atoms with van der Waals surface area (Å²) in [6.45, 7) is 0.377. The first kappa shape index (κ1) is 20.4. The minimum Gasteiger partial charge on any atom is -0.497 e. The second-order valence-electron chi connectivity index (χ2n) is 6.43. The number of anilines is 1. The van der Waals surface area contributed by atoms with E-state index in [0.29, 0.717) is 35.8 Å². The summed E-state index contributed by atoms with van der Waals surface area (Å²) >= 11 is 5.95. The van der Waals surface area contributed by atoms with E-state index in [4.69, 9.17) is 21.6 Å². The zero-order chi connectivity index (χ0) is 20.8. The number of nitrogens with one attached hydrogen (secondary N) is 2. The van der Waals surface area contributed by atoms with E-state index >= 15 is 0 Å². The van der Waals surface area contributed by atoms with Crippen LogP contribution in [0.1, 0.15) is 16.8 Å². The number of alkyl halides is 1. The first-order valence-corrected chi connectivity index (χ1v) is 9.39. The van der Waals surface area contributed by atoms with Crippen LogP contribution in [0.15, 0.2) is 59.1 Å². The molecule has 2 atom stereocenters. The molecule has 3 rings (SSSR count). The molecule has 0 spiro atoms. The summed E-state index contributed by atoms with van der Waals surface area (Å²) < 4.78 is 5.21. The Morgan fingerprint density at radius 1 is 1.28 bits per heavy atom. The lowest BCUT2D eigenvalue weighted by Crippen LogP contribution is -2.32. The van der Waals surface area contributed by atoms with Crippen LogP contribution in [-0.2, 0) is 4.79 Å². The number of carbonyl (C=O) groups is 2. The van der Waals surface area contributed by atoms with Crippen molar-refractivity contribution >= 4 is 34.9 Å². The third kappa shape index (κ3) is 5.12. The van der Waals surface area contributed by atoms with Gasteiger partial charge in [0.1, 0.15) is 11.6 Å². The number of methoxy groups -OCH3 is 1. The number of amidine groups is 1. The molecule has 2 aliphatic rings. The van der Waals surface area contributed by atoms with Crippen LogP contribution in [-0.4, -0.2) is 36.7 Å². The Balaban J connectivity index is 1.77. The summed E-state index contributed by atoms with van der Waals surface area (Å²) in [5.74, 6) is -0.239. The van der Waals surface area contributed by atoms with Gasteiger partial charge in [-0.1, -0.05) is 18.2 Å². The van der Waals surface area contributed by atoms with E-state index in [1.807, 2.05) is 6.07 Å². The minimum atomic E-state index is -0.429. The normalized spacial score (nSPS) is 20.2. The molecule has 1 heterocycles. The molecule has 1 aliphatic heterocycles. The average Bonchev–Trinajstić information content (AvgIpc) is 2.75. The number of halogens is 1. The fourth-order valence-corrected chi connectivity index (χ4v) is 2.97. The van der Waals surface area contributed by atoms with Gasteiger partial charge in [-0.25, -0.2) is 0 Å². The monoisotopic (exact) mass is 410 g/mol. The minimum absolute atomic E-state index is 0.193. The highest BCUT2D eigenvalue weighted by molar-refractivity contribution is 6.23. The second kappa shape index (κ2) is 9.22. The molecular formula is C21H19ClN4O3. The molecule has 7 nitrogen and oxygen atoms in total. The maximum Gasteiger partial charge on any atom is 0.259 e. The number of hydrogen-bond donors (Lipinski definition) is 2. The summed E-state index contributed by atoms with van der Waals surface area (Å²) in [7, 11) is 1.50. The van der Waals surface area contributed by atoms with E-state index < -0.39 is 11.8 Å². The number of dihydropyridines is 1. The van der Waals surface area contributed by atoms with Crippen LogP contribution < -0.4 is 15.4 Å². The van der Waals surface area contributed by atoms with Gasteiger partial charge in [0.15, 0.2) is 0 Å². The lowest BCUT2D eigenvalue weighted by Gasteiger charge is -2.17. The van der Waals surface area contributed by atoms with Crippen LogP contribution in [0.4, 0.5) is 5.69 Å². The molecule has 1 unspecified atom stereocenters. The predicted molar refractivity (Wildman–Crippen MR) is 111 cm³/mol. The molecule has 1 aromatic carbocycles. The molecule has 0 saturated heterocycles. The van der Waals surface area contributed by atoms with Gasteiger partial charge >= 0.3 is 0 Å². The predicted octanol–water partition coefficient (Wildman–Crippen LogP) is 2.97. The zero-order valence-corrected chi connectivity index (χ0v) is 16.4. The molecule has 0 aromatic heterocycles. The van der Waals surface area contributed by atoms with Gasteiger partial charge in [0.25, 0.3) is 5.91 Å². The van der Waals surface area contributed by atoms with E-state index in [-0.39, 0.29) is 16.8 Å². The third-order valence-electron chi connectivity index (χ3n) is 4.44. The number of ether oxygens (including phenoxy) is 1. The Morgan fingerprint density at radius 2 is 2.10 bits per heavy atom. The Hall–Kier alpha value is -3.37. The topological polar surface area (TPSA) is 104 Å². The molecule has 0 radical (unpaired) electrons. The van der Waals surface area contributed by atoms with Crippen molar-refractivity contribution in [2.24, 2.45) is 10.9 Å². The Morgan fingerprint density at radius 3 is 2.72 bits per heavy atom. The van der Waals surface area contributed by atoms with Gasteiger partial charge in [0.05, 0.1) is 42.3 Å². The molecule has 2 N–H and O–H groups in total. The van der Waals surface area contributed by atoms with E-state index in [9.17, 15) is 9.59 Å². The molecule has 0 bridgehead atoms. The molecule has 0 fully saturated rings. The third-order valence-corrected chi connectivity index (χ3v) is 4.72. The maximum atomic E-state index is 12.8. The maximum absolute atomic E-state index is 12.8. The van der Waals surface area contributed by atoms with Crippen LogP contribution in [0, 0.1) is 17.2 Å². The number of nitrogens with zero attached hydrogens (tertiary/aromatic N) is 2. The number of benzene rings is 1. The Labute approximate surface area is 173 Å². The summed E-state index contributed by atoms with van der Waals surface area (Å²) in [6.07, 6.45) is 8.82. The highest BCUT2D eigenvalue weighted by atomic mass is 35.5. The van der Waals surface area contributed by atoms with E-state index in [1.165, 1.54) is 7.11 Å². The number of rotatable bonds is 4. The van der Waals surface area contributed by atoms with Gasteiger partial charge in [0.2, 0.25) is 5.91 Å². The van der Waals surface area contributed by atoms with Crippen LogP contribution in [0.2, 0.25) is 0 Å².